The molecule has 32 heavy (non-hydrogen) atoms. The first-order valence-corrected chi connectivity index (χ1v) is 10.2. The standard InChI is InChI=1S/C23H27N3O6/c1-14-6-8-16(12-17(14)26-10-4-5-21(26)28)25-23(30)22(29)24-13-18(27)15-7-9-19(31-2)20(11-15)32-3/h6-9,11-12,18,27H,4-5,10,13H2,1-3H3,(H,24,29)(H,25,30). The number of aliphatic hydroxyl groups excluding tert-OH is 1. The van der Waals surface area contributed by atoms with E-state index in [2.05, 4.69) is 10.6 Å². The number of ether oxygens (including phenoxy) is 2. The average molecular weight is 441 g/mol. The van der Waals surface area contributed by atoms with Crippen LogP contribution in [0.4, 0.5) is 11.4 Å². The minimum Gasteiger partial charge on any atom is -0.493 e. The number of amides is 3. The van der Waals surface area contributed by atoms with Crippen molar-refractivity contribution in [1.82, 2.24) is 5.32 Å². The summed E-state index contributed by atoms with van der Waals surface area (Å²) < 4.78 is 10.4. The van der Waals surface area contributed by atoms with E-state index in [0.717, 1.165) is 17.7 Å². The third kappa shape index (κ3) is 5.17. The van der Waals surface area contributed by atoms with Crippen LogP contribution >= 0.6 is 0 Å². The molecule has 0 aliphatic carbocycles. The van der Waals surface area contributed by atoms with Crippen molar-refractivity contribution in [2.24, 2.45) is 0 Å². The summed E-state index contributed by atoms with van der Waals surface area (Å²) in [6.07, 6.45) is 0.249. The van der Waals surface area contributed by atoms with Gasteiger partial charge in [0.2, 0.25) is 5.91 Å². The quantitative estimate of drug-likeness (QED) is 0.565. The number of rotatable bonds is 7. The van der Waals surface area contributed by atoms with Gasteiger partial charge in [0.1, 0.15) is 0 Å². The Kier molecular flexibility index (Phi) is 7.32. The van der Waals surface area contributed by atoms with Crippen molar-refractivity contribution in [3.05, 3.63) is 47.5 Å². The van der Waals surface area contributed by atoms with Crippen molar-refractivity contribution >= 4 is 29.1 Å². The molecule has 1 fully saturated rings. The van der Waals surface area contributed by atoms with Crippen LogP contribution in [0.1, 0.15) is 30.1 Å². The van der Waals surface area contributed by atoms with E-state index in [1.165, 1.54) is 14.2 Å². The van der Waals surface area contributed by atoms with E-state index in [1.54, 1.807) is 41.3 Å². The molecule has 0 radical (unpaired) electrons. The third-order valence-electron chi connectivity index (χ3n) is 5.29. The van der Waals surface area contributed by atoms with Gasteiger partial charge in [0.15, 0.2) is 11.5 Å². The lowest BCUT2D eigenvalue weighted by Crippen LogP contribution is -2.37. The van der Waals surface area contributed by atoms with E-state index >= 15 is 0 Å². The fourth-order valence-corrected chi connectivity index (χ4v) is 3.52. The minimum absolute atomic E-state index is 0.0402. The lowest BCUT2D eigenvalue weighted by atomic mass is 10.1. The van der Waals surface area contributed by atoms with Gasteiger partial charge in [-0.05, 0) is 48.7 Å². The lowest BCUT2D eigenvalue weighted by Gasteiger charge is -2.19. The van der Waals surface area contributed by atoms with Crippen LogP contribution in [-0.4, -0.2) is 50.1 Å². The van der Waals surface area contributed by atoms with Gasteiger partial charge in [-0.25, -0.2) is 0 Å². The fourth-order valence-electron chi connectivity index (χ4n) is 3.52. The zero-order valence-electron chi connectivity index (χ0n) is 18.3. The fraction of sp³-hybridized carbons (Fsp3) is 0.348. The van der Waals surface area contributed by atoms with Gasteiger partial charge in [-0.2, -0.15) is 0 Å². The Morgan fingerprint density at radius 3 is 2.50 bits per heavy atom. The molecular formula is C23H27N3O6. The molecule has 0 bridgehead atoms. The average Bonchev–Trinajstić information content (AvgIpc) is 3.23. The molecule has 1 aliphatic heterocycles. The molecule has 3 N–H and O–H groups in total. The van der Waals surface area contributed by atoms with E-state index < -0.39 is 17.9 Å². The second-order valence-electron chi connectivity index (χ2n) is 7.44. The molecule has 170 valence electrons. The molecule has 3 rings (SSSR count). The molecule has 9 heteroatoms. The highest BCUT2D eigenvalue weighted by atomic mass is 16.5. The van der Waals surface area contributed by atoms with Crippen LogP contribution in [0, 0.1) is 6.92 Å². The van der Waals surface area contributed by atoms with E-state index in [0.29, 0.717) is 35.7 Å². The first-order chi connectivity index (χ1) is 15.3. The minimum atomic E-state index is -1.04. The second-order valence-corrected chi connectivity index (χ2v) is 7.44. The largest absolute Gasteiger partial charge is 0.493 e. The Hall–Kier alpha value is -3.59. The zero-order chi connectivity index (χ0) is 23.3. The highest BCUT2D eigenvalue weighted by Crippen LogP contribution is 2.30. The molecule has 1 heterocycles. The van der Waals surface area contributed by atoms with Crippen molar-refractivity contribution in [3.63, 3.8) is 0 Å². The van der Waals surface area contributed by atoms with E-state index in [-0.39, 0.29) is 12.5 Å². The first kappa shape index (κ1) is 23.1. The van der Waals surface area contributed by atoms with Crippen molar-refractivity contribution in [1.29, 1.82) is 0 Å². The molecular weight excluding hydrogens is 414 g/mol. The maximum atomic E-state index is 12.3. The van der Waals surface area contributed by atoms with Gasteiger partial charge < -0.3 is 30.1 Å². The van der Waals surface area contributed by atoms with Gasteiger partial charge in [-0.1, -0.05) is 12.1 Å². The van der Waals surface area contributed by atoms with Crippen molar-refractivity contribution in [2.45, 2.75) is 25.9 Å². The normalized spacial score (nSPS) is 14.1. The first-order valence-electron chi connectivity index (χ1n) is 10.2. The number of carbonyl (C=O) groups is 3. The van der Waals surface area contributed by atoms with E-state index in [1.807, 2.05) is 6.92 Å². The highest BCUT2D eigenvalue weighted by Gasteiger charge is 2.24. The number of aliphatic hydroxyl groups is 1. The van der Waals surface area contributed by atoms with Crippen LogP contribution in [0.15, 0.2) is 36.4 Å². The summed E-state index contributed by atoms with van der Waals surface area (Å²) in [7, 11) is 2.99. The van der Waals surface area contributed by atoms with E-state index in [4.69, 9.17) is 9.47 Å². The van der Waals surface area contributed by atoms with Crippen LogP contribution in [0.5, 0.6) is 11.5 Å². The molecule has 1 atom stereocenters. The molecule has 1 saturated heterocycles. The van der Waals surface area contributed by atoms with Crippen LogP contribution in [-0.2, 0) is 14.4 Å². The number of anilines is 2. The third-order valence-corrected chi connectivity index (χ3v) is 5.29. The van der Waals surface area contributed by atoms with Crippen LogP contribution < -0.4 is 25.0 Å². The Balaban J connectivity index is 1.59. The summed E-state index contributed by atoms with van der Waals surface area (Å²) in [4.78, 5) is 38.3. The number of hydrogen-bond donors (Lipinski definition) is 3. The summed E-state index contributed by atoms with van der Waals surface area (Å²) >= 11 is 0. The summed E-state index contributed by atoms with van der Waals surface area (Å²) in [5.41, 5.74) is 2.53. The van der Waals surface area contributed by atoms with Crippen molar-refractivity contribution < 1.29 is 29.0 Å². The van der Waals surface area contributed by atoms with Gasteiger partial charge in [-0.15, -0.1) is 0 Å². The Morgan fingerprint density at radius 1 is 1.09 bits per heavy atom. The molecule has 0 saturated carbocycles. The predicted octanol–water partition coefficient (Wildman–Crippen LogP) is 1.93. The molecule has 9 nitrogen and oxygen atoms in total. The number of nitrogens with zero attached hydrogens (tertiary/aromatic N) is 1. The number of hydrogen-bond acceptors (Lipinski definition) is 6. The van der Waals surface area contributed by atoms with Gasteiger partial charge >= 0.3 is 11.8 Å². The maximum absolute atomic E-state index is 12.3. The molecule has 0 aromatic heterocycles. The monoisotopic (exact) mass is 441 g/mol. The van der Waals surface area contributed by atoms with Gasteiger partial charge in [0.25, 0.3) is 0 Å². The van der Waals surface area contributed by atoms with Crippen molar-refractivity contribution in [3.8, 4) is 11.5 Å². The molecule has 1 aliphatic rings. The van der Waals surface area contributed by atoms with Crippen LogP contribution in [0.2, 0.25) is 0 Å². The molecule has 2 aromatic carbocycles. The summed E-state index contributed by atoms with van der Waals surface area (Å²) in [5.74, 6) is -0.755. The van der Waals surface area contributed by atoms with Crippen LogP contribution in [0.3, 0.4) is 0 Å². The lowest BCUT2D eigenvalue weighted by molar-refractivity contribution is -0.136. The maximum Gasteiger partial charge on any atom is 0.313 e. The number of benzene rings is 2. The Labute approximate surface area is 186 Å². The number of carbonyl (C=O) groups excluding carboxylic acids is 3. The molecule has 0 spiro atoms. The van der Waals surface area contributed by atoms with Gasteiger partial charge in [0, 0.05) is 30.9 Å². The summed E-state index contributed by atoms with van der Waals surface area (Å²) in [5, 5.41) is 15.3. The molecule has 3 amide bonds. The topological polar surface area (TPSA) is 117 Å². The Morgan fingerprint density at radius 2 is 1.84 bits per heavy atom. The molecule has 2 aromatic rings. The Bertz CT molecular complexity index is 1020. The zero-order valence-corrected chi connectivity index (χ0v) is 18.3. The number of nitrogens with one attached hydrogen (secondary N) is 2. The highest BCUT2D eigenvalue weighted by molar-refractivity contribution is 6.39. The predicted molar refractivity (Wildman–Crippen MR) is 119 cm³/mol. The van der Waals surface area contributed by atoms with Gasteiger partial charge in [0.05, 0.1) is 20.3 Å². The molecule has 1 unspecified atom stereocenters. The van der Waals surface area contributed by atoms with Gasteiger partial charge in [-0.3, -0.25) is 14.4 Å². The van der Waals surface area contributed by atoms with Crippen LogP contribution in [0.25, 0.3) is 0 Å². The summed E-state index contributed by atoms with van der Waals surface area (Å²) in [6, 6.07) is 10.0. The SMILES string of the molecule is COc1ccc(C(O)CNC(=O)C(=O)Nc2ccc(C)c(N3CCCC3=O)c2)cc1OC. The van der Waals surface area contributed by atoms with E-state index in [9.17, 15) is 19.5 Å². The summed E-state index contributed by atoms with van der Waals surface area (Å²) in [6.45, 7) is 2.35. The smallest absolute Gasteiger partial charge is 0.313 e. The second kappa shape index (κ2) is 10.1. The number of methoxy groups -OCH3 is 2. The van der Waals surface area contributed by atoms with Crippen molar-refractivity contribution in [2.75, 3.05) is 37.5 Å². The number of aryl methyl sites for hydroxylation is 1.